The highest BCUT2D eigenvalue weighted by molar-refractivity contribution is 5.78. The minimum Gasteiger partial charge on any atom is -0.461 e. The Balaban J connectivity index is 2.27. The molecular weight excluding hydrogens is 195 g/mol. The maximum Gasteiger partial charge on any atom is 0.174 e. The van der Waals surface area contributed by atoms with Crippen LogP contribution in [-0.2, 0) is 0 Å². The number of aromatic nitrogens is 2. The normalized spacial score (nSPS) is 11.0. The number of furan rings is 1. The number of nitrogens with zero attached hydrogens (tertiary/aromatic N) is 1. The zero-order chi connectivity index (χ0) is 10.3. The number of benzene rings is 1. The van der Waals surface area contributed by atoms with Crippen molar-refractivity contribution in [1.82, 2.24) is 9.97 Å². The van der Waals surface area contributed by atoms with Gasteiger partial charge in [0, 0.05) is 0 Å². The molecule has 1 N–H and O–H groups in total. The molecule has 0 aliphatic heterocycles. The van der Waals surface area contributed by atoms with Gasteiger partial charge in [0.05, 0.1) is 11.8 Å². The molecule has 0 amide bonds. The molecule has 3 aromatic rings. The Kier molecular flexibility index (Phi) is 1.62. The van der Waals surface area contributed by atoms with Crippen molar-refractivity contribution in [2.24, 2.45) is 0 Å². The smallest absolute Gasteiger partial charge is 0.174 e. The molecule has 1 aromatic carbocycles. The molecule has 0 aliphatic carbocycles. The molecule has 0 radical (unpaired) electrons. The SMILES string of the molecule is Fc1cccc2[nH]c(-c3ccco3)nc12. The number of imidazole rings is 1. The van der Waals surface area contributed by atoms with Crippen LogP contribution in [0, 0.1) is 5.82 Å². The number of hydrogen-bond donors (Lipinski definition) is 1. The molecule has 4 heteroatoms. The topological polar surface area (TPSA) is 41.8 Å². The zero-order valence-corrected chi connectivity index (χ0v) is 7.70. The molecule has 0 saturated heterocycles. The lowest BCUT2D eigenvalue weighted by Gasteiger charge is -1.86. The molecule has 0 aliphatic rings. The highest BCUT2D eigenvalue weighted by Crippen LogP contribution is 2.21. The number of fused-ring (bicyclic) bond motifs is 1. The molecule has 0 spiro atoms. The highest BCUT2D eigenvalue weighted by Gasteiger charge is 2.09. The molecule has 0 atom stereocenters. The average molecular weight is 202 g/mol. The summed E-state index contributed by atoms with van der Waals surface area (Å²) in [5, 5.41) is 0. The summed E-state index contributed by atoms with van der Waals surface area (Å²) < 4.78 is 18.5. The van der Waals surface area contributed by atoms with E-state index in [4.69, 9.17) is 4.42 Å². The molecule has 2 aromatic heterocycles. The summed E-state index contributed by atoms with van der Waals surface area (Å²) in [6.45, 7) is 0. The van der Waals surface area contributed by atoms with Crippen molar-refractivity contribution in [3.8, 4) is 11.6 Å². The van der Waals surface area contributed by atoms with Gasteiger partial charge in [-0.15, -0.1) is 0 Å². The summed E-state index contributed by atoms with van der Waals surface area (Å²) in [5.74, 6) is 0.812. The van der Waals surface area contributed by atoms with Gasteiger partial charge in [-0.2, -0.15) is 0 Å². The molecule has 15 heavy (non-hydrogen) atoms. The summed E-state index contributed by atoms with van der Waals surface area (Å²) in [4.78, 5) is 7.12. The summed E-state index contributed by atoms with van der Waals surface area (Å²) in [6, 6.07) is 8.34. The van der Waals surface area contributed by atoms with Gasteiger partial charge >= 0.3 is 0 Å². The Morgan fingerprint density at radius 1 is 1.20 bits per heavy atom. The zero-order valence-electron chi connectivity index (χ0n) is 7.70. The second-order valence-corrected chi connectivity index (χ2v) is 3.20. The van der Waals surface area contributed by atoms with Crippen LogP contribution in [0.15, 0.2) is 41.0 Å². The van der Waals surface area contributed by atoms with Crippen LogP contribution in [0.3, 0.4) is 0 Å². The van der Waals surface area contributed by atoms with E-state index >= 15 is 0 Å². The van der Waals surface area contributed by atoms with E-state index in [1.165, 1.54) is 6.07 Å². The molecule has 2 heterocycles. The third-order valence-electron chi connectivity index (χ3n) is 2.22. The van der Waals surface area contributed by atoms with Crippen molar-refractivity contribution >= 4 is 11.0 Å². The molecule has 74 valence electrons. The fraction of sp³-hybridized carbons (Fsp3) is 0. The van der Waals surface area contributed by atoms with Crippen molar-refractivity contribution in [2.45, 2.75) is 0 Å². The fourth-order valence-electron chi connectivity index (χ4n) is 1.53. The van der Waals surface area contributed by atoms with E-state index in [1.807, 2.05) is 0 Å². The Morgan fingerprint density at radius 3 is 2.87 bits per heavy atom. The number of hydrogen-bond acceptors (Lipinski definition) is 2. The standard InChI is InChI=1S/C11H7FN2O/c12-7-3-1-4-8-10(7)14-11(13-8)9-5-2-6-15-9/h1-6H,(H,13,14). The monoisotopic (exact) mass is 202 g/mol. The maximum atomic E-state index is 13.3. The van der Waals surface area contributed by atoms with Crippen LogP contribution >= 0.6 is 0 Å². The predicted octanol–water partition coefficient (Wildman–Crippen LogP) is 2.96. The number of rotatable bonds is 1. The first-order valence-electron chi connectivity index (χ1n) is 4.53. The number of aromatic amines is 1. The summed E-state index contributed by atoms with van der Waals surface area (Å²) in [7, 11) is 0. The van der Waals surface area contributed by atoms with Gasteiger partial charge in [0.1, 0.15) is 5.52 Å². The molecule has 0 saturated carbocycles. The molecular formula is C11H7FN2O. The van der Waals surface area contributed by atoms with Crippen LogP contribution < -0.4 is 0 Å². The van der Waals surface area contributed by atoms with E-state index in [9.17, 15) is 4.39 Å². The van der Waals surface area contributed by atoms with Gasteiger partial charge in [-0.25, -0.2) is 9.37 Å². The lowest BCUT2D eigenvalue weighted by atomic mass is 10.3. The van der Waals surface area contributed by atoms with Gasteiger partial charge < -0.3 is 9.40 Å². The third kappa shape index (κ3) is 1.22. The number of para-hydroxylation sites is 1. The largest absolute Gasteiger partial charge is 0.461 e. The molecule has 0 fully saturated rings. The van der Waals surface area contributed by atoms with E-state index in [-0.39, 0.29) is 5.82 Å². The van der Waals surface area contributed by atoms with Gasteiger partial charge in [-0.1, -0.05) is 6.07 Å². The Morgan fingerprint density at radius 2 is 2.13 bits per heavy atom. The van der Waals surface area contributed by atoms with Crippen LogP contribution in [0.4, 0.5) is 4.39 Å². The lowest BCUT2D eigenvalue weighted by Crippen LogP contribution is -1.76. The van der Waals surface area contributed by atoms with Crippen molar-refractivity contribution in [1.29, 1.82) is 0 Å². The molecule has 3 nitrogen and oxygen atoms in total. The average Bonchev–Trinajstić information content (AvgIpc) is 2.86. The summed E-state index contributed by atoms with van der Waals surface area (Å²) in [6.07, 6.45) is 1.55. The highest BCUT2D eigenvalue weighted by atomic mass is 19.1. The van der Waals surface area contributed by atoms with Crippen LogP contribution in [0.1, 0.15) is 0 Å². The van der Waals surface area contributed by atoms with Gasteiger partial charge in [0.25, 0.3) is 0 Å². The Bertz CT molecular complexity index is 598. The van der Waals surface area contributed by atoms with Crippen LogP contribution in [0.25, 0.3) is 22.6 Å². The first-order valence-corrected chi connectivity index (χ1v) is 4.53. The van der Waals surface area contributed by atoms with Gasteiger partial charge in [0.15, 0.2) is 17.4 Å². The minimum absolute atomic E-state index is 0.332. The van der Waals surface area contributed by atoms with Crippen molar-refractivity contribution in [3.63, 3.8) is 0 Å². The molecule has 0 unspecified atom stereocenters. The summed E-state index contributed by atoms with van der Waals surface area (Å²) in [5.41, 5.74) is 1.00. The summed E-state index contributed by atoms with van der Waals surface area (Å²) >= 11 is 0. The predicted molar refractivity (Wildman–Crippen MR) is 53.8 cm³/mol. The first-order chi connectivity index (χ1) is 7.34. The molecule has 0 bridgehead atoms. The van der Waals surface area contributed by atoms with E-state index in [0.29, 0.717) is 22.6 Å². The van der Waals surface area contributed by atoms with Crippen molar-refractivity contribution in [2.75, 3.05) is 0 Å². The third-order valence-corrected chi connectivity index (χ3v) is 2.22. The Hall–Kier alpha value is -2.10. The number of nitrogens with one attached hydrogen (secondary N) is 1. The second kappa shape index (κ2) is 2.95. The van der Waals surface area contributed by atoms with Crippen LogP contribution in [0.2, 0.25) is 0 Å². The van der Waals surface area contributed by atoms with E-state index < -0.39 is 0 Å². The van der Waals surface area contributed by atoms with E-state index in [2.05, 4.69) is 9.97 Å². The number of halogens is 1. The van der Waals surface area contributed by atoms with E-state index in [0.717, 1.165) is 0 Å². The van der Waals surface area contributed by atoms with Crippen molar-refractivity contribution in [3.05, 3.63) is 42.4 Å². The van der Waals surface area contributed by atoms with Crippen LogP contribution in [0.5, 0.6) is 0 Å². The Labute approximate surface area is 84.6 Å². The fourth-order valence-corrected chi connectivity index (χ4v) is 1.53. The van der Waals surface area contributed by atoms with Gasteiger partial charge in [-0.3, -0.25) is 0 Å². The number of H-pyrrole nitrogens is 1. The van der Waals surface area contributed by atoms with Crippen molar-refractivity contribution < 1.29 is 8.81 Å². The van der Waals surface area contributed by atoms with Crippen LogP contribution in [-0.4, -0.2) is 9.97 Å². The maximum absolute atomic E-state index is 13.3. The van der Waals surface area contributed by atoms with Gasteiger partial charge in [0.2, 0.25) is 0 Å². The second-order valence-electron chi connectivity index (χ2n) is 3.20. The van der Waals surface area contributed by atoms with E-state index in [1.54, 1.807) is 30.5 Å². The minimum atomic E-state index is -0.332. The van der Waals surface area contributed by atoms with Gasteiger partial charge in [-0.05, 0) is 24.3 Å². The first kappa shape index (κ1) is 8.23. The quantitative estimate of drug-likeness (QED) is 0.659. The lowest BCUT2D eigenvalue weighted by molar-refractivity contribution is 0.578. The molecule has 3 rings (SSSR count).